The highest BCUT2D eigenvalue weighted by Gasteiger charge is 2.20. The molecule has 6 heteroatoms. The van der Waals surface area contributed by atoms with Gasteiger partial charge in [0, 0.05) is 12.6 Å². The summed E-state index contributed by atoms with van der Waals surface area (Å²) in [4.78, 5) is 23.5. The van der Waals surface area contributed by atoms with E-state index in [9.17, 15) is 14.9 Å². The molecular weight excluding hydrogens is 260 g/mol. The zero-order valence-electron chi connectivity index (χ0n) is 11.2. The first kappa shape index (κ1) is 14.5. The Balaban J connectivity index is 2.06. The minimum Gasteiger partial charge on any atom is -0.477 e. The maximum atomic E-state index is 11.1. The summed E-state index contributed by atoms with van der Waals surface area (Å²) in [6.45, 7) is 3.04. The number of rotatable bonds is 5. The molecule has 0 unspecified atom stereocenters. The molecule has 108 valence electrons. The van der Waals surface area contributed by atoms with Crippen molar-refractivity contribution in [2.24, 2.45) is 0 Å². The summed E-state index contributed by atoms with van der Waals surface area (Å²) >= 11 is 0. The molecule has 6 nitrogen and oxygen atoms in total. The molecule has 1 aromatic carbocycles. The number of nitro benzene ring substituents is 1. The lowest BCUT2D eigenvalue weighted by molar-refractivity contribution is -0.385. The van der Waals surface area contributed by atoms with E-state index < -0.39 is 10.9 Å². The van der Waals surface area contributed by atoms with E-state index in [1.165, 1.54) is 31.4 Å². The number of benzene rings is 1. The molecule has 0 aromatic heterocycles. The molecule has 1 fully saturated rings. The lowest BCUT2D eigenvalue weighted by atomic mass is 10.0. The normalized spacial score (nSPS) is 16.0. The van der Waals surface area contributed by atoms with E-state index >= 15 is 0 Å². The van der Waals surface area contributed by atoms with Gasteiger partial charge in [-0.05, 0) is 44.0 Å². The Bertz CT molecular complexity index is 510. The number of nitro groups is 1. The van der Waals surface area contributed by atoms with Gasteiger partial charge >= 0.3 is 5.97 Å². The molecule has 2 rings (SSSR count). The van der Waals surface area contributed by atoms with Gasteiger partial charge in [-0.1, -0.05) is 12.5 Å². The van der Waals surface area contributed by atoms with Crippen LogP contribution in [0.15, 0.2) is 18.2 Å². The molecule has 0 spiro atoms. The number of hydrogen-bond acceptors (Lipinski definition) is 4. The van der Waals surface area contributed by atoms with Crippen LogP contribution in [0.25, 0.3) is 0 Å². The van der Waals surface area contributed by atoms with Crippen LogP contribution in [-0.2, 0) is 6.42 Å². The van der Waals surface area contributed by atoms with Crippen molar-refractivity contribution < 1.29 is 14.8 Å². The summed E-state index contributed by atoms with van der Waals surface area (Å²) in [5.41, 5.74) is 0.254. The highest BCUT2D eigenvalue weighted by molar-refractivity contribution is 5.92. The van der Waals surface area contributed by atoms with E-state index in [4.69, 9.17) is 5.11 Å². The van der Waals surface area contributed by atoms with Crippen molar-refractivity contribution >= 4 is 11.7 Å². The molecule has 1 aliphatic rings. The lowest BCUT2D eigenvalue weighted by Gasteiger charge is -2.26. The summed E-state index contributed by atoms with van der Waals surface area (Å²) in [6.07, 6.45) is 4.41. The minimum atomic E-state index is -1.25. The summed E-state index contributed by atoms with van der Waals surface area (Å²) in [5.74, 6) is -1.25. The number of nitrogens with zero attached hydrogens (tertiary/aromatic N) is 2. The highest BCUT2D eigenvalue weighted by atomic mass is 16.6. The van der Waals surface area contributed by atoms with E-state index in [0.29, 0.717) is 0 Å². The number of carbonyl (C=O) groups is 1. The zero-order chi connectivity index (χ0) is 14.5. The topological polar surface area (TPSA) is 83.7 Å². The van der Waals surface area contributed by atoms with Crippen LogP contribution >= 0.6 is 0 Å². The van der Waals surface area contributed by atoms with Crippen molar-refractivity contribution in [1.82, 2.24) is 4.90 Å². The first-order valence-corrected chi connectivity index (χ1v) is 6.81. The van der Waals surface area contributed by atoms with Crippen LogP contribution in [-0.4, -0.2) is 40.5 Å². The number of likely N-dealkylation sites (tertiary alicyclic amines) is 1. The number of carboxylic acid groups (broad SMARTS) is 1. The Hall–Kier alpha value is -1.95. The van der Waals surface area contributed by atoms with Crippen molar-refractivity contribution in [2.45, 2.75) is 25.7 Å². The Kier molecular flexibility index (Phi) is 4.68. The average Bonchev–Trinajstić information content (AvgIpc) is 2.45. The monoisotopic (exact) mass is 278 g/mol. The Morgan fingerprint density at radius 2 is 2.00 bits per heavy atom. The maximum absolute atomic E-state index is 11.1. The number of piperidine rings is 1. The number of aromatic carboxylic acids is 1. The van der Waals surface area contributed by atoms with Gasteiger partial charge < -0.3 is 10.0 Å². The van der Waals surface area contributed by atoms with Crippen LogP contribution in [0.5, 0.6) is 0 Å². The van der Waals surface area contributed by atoms with Crippen LogP contribution in [0.2, 0.25) is 0 Å². The summed E-state index contributed by atoms with van der Waals surface area (Å²) in [5, 5.41) is 19.8. The Morgan fingerprint density at radius 1 is 1.30 bits per heavy atom. The molecule has 0 saturated carbocycles. The van der Waals surface area contributed by atoms with E-state index in [0.717, 1.165) is 31.6 Å². The fraction of sp³-hybridized carbons (Fsp3) is 0.500. The third kappa shape index (κ3) is 3.54. The fourth-order valence-electron chi connectivity index (χ4n) is 2.54. The van der Waals surface area contributed by atoms with E-state index in [1.54, 1.807) is 6.07 Å². The van der Waals surface area contributed by atoms with Crippen LogP contribution < -0.4 is 0 Å². The highest BCUT2D eigenvalue weighted by Crippen LogP contribution is 2.20. The molecule has 0 aliphatic carbocycles. The van der Waals surface area contributed by atoms with Crippen LogP contribution in [0.1, 0.15) is 35.2 Å². The molecule has 1 N–H and O–H groups in total. The quantitative estimate of drug-likeness (QED) is 0.660. The first-order valence-electron chi connectivity index (χ1n) is 6.81. The second-order valence-corrected chi connectivity index (χ2v) is 5.07. The van der Waals surface area contributed by atoms with Gasteiger partial charge in [0.25, 0.3) is 5.69 Å². The van der Waals surface area contributed by atoms with Gasteiger partial charge in [-0.3, -0.25) is 10.1 Å². The SMILES string of the molecule is O=C(O)c1cc(CCN2CCCCC2)ccc1[N+](=O)[O-]. The second kappa shape index (κ2) is 6.47. The molecule has 1 aliphatic heterocycles. The first-order chi connectivity index (χ1) is 9.58. The standard InChI is InChI=1S/C14H18N2O4/c17-14(18)12-10-11(4-5-13(12)16(19)20)6-9-15-7-2-1-3-8-15/h4-5,10H,1-3,6-9H2,(H,17,18). The predicted molar refractivity (Wildman–Crippen MR) is 74.1 cm³/mol. The molecule has 0 radical (unpaired) electrons. The van der Waals surface area contributed by atoms with Gasteiger partial charge in [0.05, 0.1) is 4.92 Å². The molecule has 1 saturated heterocycles. The van der Waals surface area contributed by atoms with Crippen molar-refractivity contribution in [1.29, 1.82) is 0 Å². The van der Waals surface area contributed by atoms with E-state index in [2.05, 4.69) is 4.90 Å². The molecule has 1 heterocycles. The maximum Gasteiger partial charge on any atom is 0.342 e. The molecular formula is C14H18N2O4. The smallest absolute Gasteiger partial charge is 0.342 e. The van der Waals surface area contributed by atoms with Crippen LogP contribution in [0.4, 0.5) is 5.69 Å². The molecule has 1 aromatic rings. The van der Waals surface area contributed by atoms with E-state index in [1.807, 2.05) is 0 Å². The summed E-state index contributed by atoms with van der Waals surface area (Å²) < 4.78 is 0. The molecule has 0 bridgehead atoms. The van der Waals surface area contributed by atoms with Crippen LogP contribution in [0, 0.1) is 10.1 Å². The van der Waals surface area contributed by atoms with Crippen molar-refractivity contribution in [2.75, 3.05) is 19.6 Å². The van der Waals surface area contributed by atoms with Gasteiger partial charge in [0.15, 0.2) is 0 Å². The minimum absolute atomic E-state index is 0.230. The van der Waals surface area contributed by atoms with Crippen molar-refractivity contribution in [3.63, 3.8) is 0 Å². The largest absolute Gasteiger partial charge is 0.477 e. The molecule has 0 atom stereocenters. The average molecular weight is 278 g/mol. The van der Waals surface area contributed by atoms with Gasteiger partial charge in [-0.25, -0.2) is 4.79 Å². The van der Waals surface area contributed by atoms with Crippen LogP contribution in [0.3, 0.4) is 0 Å². The lowest BCUT2D eigenvalue weighted by Crippen LogP contribution is -2.31. The predicted octanol–water partition coefficient (Wildman–Crippen LogP) is 2.32. The van der Waals surface area contributed by atoms with E-state index in [-0.39, 0.29) is 11.3 Å². The van der Waals surface area contributed by atoms with Gasteiger partial charge in [0.2, 0.25) is 0 Å². The Morgan fingerprint density at radius 3 is 2.60 bits per heavy atom. The zero-order valence-corrected chi connectivity index (χ0v) is 11.2. The van der Waals surface area contributed by atoms with Gasteiger partial charge in [-0.15, -0.1) is 0 Å². The summed E-state index contributed by atoms with van der Waals surface area (Å²) in [7, 11) is 0. The van der Waals surface area contributed by atoms with Gasteiger partial charge in [-0.2, -0.15) is 0 Å². The van der Waals surface area contributed by atoms with Gasteiger partial charge in [0.1, 0.15) is 5.56 Å². The third-order valence-corrected chi connectivity index (χ3v) is 3.65. The summed E-state index contributed by atoms with van der Waals surface area (Å²) in [6, 6.07) is 4.36. The third-order valence-electron chi connectivity index (χ3n) is 3.65. The van der Waals surface area contributed by atoms with Crippen molar-refractivity contribution in [3.8, 4) is 0 Å². The van der Waals surface area contributed by atoms with Crippen molar-refractivity contribution in [3.05, 3.63) is 39.4 Å². The number of hydrogen-bond donors (Lipinski definition) is 1. The fourth-order valence-corrected chi connectivity index (χ4v) is 2.54. The Labute approximate surface area is 117 Å². The second-order valence-electron chi connectivity index (χ2n) is 5.07. The molecule has 20 heavy (non-hydrogen) atoms. The number of carboxylic acids is 1. The molecule has 0 amide bonds.